The average Bonchev–Trinajstić information content (AvgIpc) is 4.16. The van der Waals surface area contributed by atoms with Crippen molar-refractivity contribution in [3.05, 3.63) is 206 Å². The third-order valence-corrected chi connectivity index (χ3v) is 12.8. The van der Waals surface area contributed by atoms with Gasteiger partial charge in [-0.2, -0.15) is 9.97 Å². The molecule has 0 bridgehead atoms. The molecule has 0 radical (unpaired) electrons. The zero-order chi connectivity index (χ0) is 43.3. The maximum Gasteiger partial charge on any atom is 0.238 e. The molecule has 8 nitrogen and oxygen atoms in total. The number of hydrogen-bond acceptors (Lipinski definition) is 6. The molecule has 5 heterocycles. The summed E-state index contributed by atoms with van der Waals surface area (Å²) >= 11 is 0. The fraction of sp³-hybridized carbons (Fsp3) is 0. The predicted octanol–water partition coefficient (Wildman–Crippen LogP) is 14.8. The smallest absolute Gasteiger partial charge is 0.238 e. The van der Waals surface area contributed by atoms with Crippen molar-refractivity contribution < 1.29 is 8.83 Å². The van der Waals surface area contributed by atoms with Gasteiger partial charge in [-0.05, 0) is 71.8 Å². The summed E-state index contributed by atoms with van der Waals surface area (Å²) in [7, 11) is 0. The lowest BCUT2D eigenvalue weighted by Gasteiger charge is -2.13. The van der Waals surface area contributed by atoms with Crippen molar-refractivity contribution in [3.8, 4) is 57.0 Å². The van der Waals surface area contributed by atoms with E-state index in [0.29, 0.717) is 45.7 Å². The monoisotopic (exact) mass is 846 g/mol. The van der Waals surface area contributed by atoms with Gasteiger partial charge >= 0.3 is 0 Å². The van der Waals surface area contributed by atoms with Crippen LogP contribution < -0.4 is 0 Å². The zero-order valence-electron chi connectivity index (χ0n) is 35.1. The van der Waals surface area contributed by atoms with Crippen molar-refractivity contribution in [2.24, 2.45) is 0 Å². The Morgan fingerprint density at radius 1 is 0.333 bits per heavy atom. The molecule has 0 aliphatic rings. The van der Waals surface area contributed by atoms with E-state index in [4.69, 9.17) is 28.8 Å². The first-order valence-corrected chi connectivity index (χ1v) is 22.0. The van der Waals surface area contributed by atoms with Crippen LogP contribution in [0.4, 0.5) is 0 Å². The molecule has 0 saturated carbocycles. The molecular weight excluding hydrogens is 813 g/mol. The number of oxazole rings is 1. The third-order valence-electron chi connectivity index (χ3n) is 12.8. The van der Waals surface area contributed by atoms with Crippen LogP contribution in [0.25, 0.3) is 134 Å². The maximum atomic E-state index is 6.73. The van der Waals surface area contributed by atoms with Crippen molar-refractivity contribution in [2.75, 3.05) is 0 Å². The highest BCUT2D eigenvalue weighted by Gasteiger charge is 2.25. The minimum absolute atomic E-state index is 0.442. The van der Waals surface area contributed by atoms with Crippen LogP contribution in [0.1, 0.15) is 0 Å². The molecule has 0 unspecified atom stereocenters. The zero-order valence-corrected chi connectivity index (χ0v) is 35.1. The second kappa shape index (κ2) is 14.2. The van der Waals surface area contributed by atoms with Gasteiger partial charge in [0.25, 0.3) is 0 Å². The molecule has 0 fully saturated rings. The fourth-order valence-electron chi connectivity index (χ4n) is 9.87. The summed E-state index contributed by atoms with van der Waals surface area (Å²) in [6, 6.07) is 71.0. The molecule has 0 N–H and O–H groups in total. The summed E-state index contributed by atoms with van der Waals surface area (Å²) < 4.78 is 17.9. The van der Waals surface area contributed by atoms with Crippen LogP contribution in [-0.2, 0) is 0 Å². The minimum atomic E-state index is 0.442. The average molecular weight is 847 g/mol. The Labute approximate surface area is 376 Å². The number of benzene rings is 9. The largest absolute Gasteiger partial charge is 0.455 e. The molecule has 9 aromatic carbocycles. The standard InChI is InChI=1S/C58H34N6O2/c1-3-15-35(16-4-1)36-29-31-37(32-30-36)57-59-47-25-14-24-46(54(47)66-57)56-60-55(45-23-13-22-44-41-21-9-12-28-50(41)65-53(44)45)61-58(62-56)64-49-27-11-8-20-40(49)43-34-33-42-39-19-7-10-26-48(39)63(51(42)52(43)64)38-17-5-2-6-18-38/h1-34H. The van der Waals surface area contributed by atoms with Gasteiger partial charge in [-0.3, -0.25) is 4.57 Å². The van der Waals surface area contributed by atoms with E-state index < -0.39 is 0 Å². The molecule has 0 aliphatic heterocycles. The van der Waals surface area contributed by atoms with Crippen molar-refractivity contribution in [3.63, 3.8) is 0 Å². The Morgan fingerprint density at radius 3 is 1.61 bits per heavy atom. The van der Waals surface area contributed by atoms with E-state index in [9.17, 15) is 0 Å². The molecule has 0 saturated heterocycles. The Hall–Kier alpha value is -9.14. The molecule has 14 rings (SSSR count). The van der Waals surface area contributed by atoms with E-state index in [1.807, 2.05) is 66.7 Å². The molecule has 308 valence electrons. The van der Waals surface area contributed by atoms with E-state index in [1.165, 1.54) is 0 Å². The molecule has 0 atom stereocenters. The highest BCUT2D eigenvalue weighted by Crippen LogP contribution is 2.43. The van der Waals surface area contributed by atoms with Crippen LogP contribution in [0.5, 0.6) is 0 Å². The van der Waals surface area contributed by atoms with Gasteiger partial charge in [0.15, 0.2) is 17.2 Å². The first-order valence-electron chi connectivity index (χ1n) is 22.0. The maximum absolute atomic E-state index is 6.73. The van der Waals surface area contributed by atoms with Crippen LogP contribution in [0.3, 0.4) is 0 Å². The highest BCUT2D eigenvalue weighted by atomic mass is 16.3. The predicted molar refractivity (Wildman–Crippen MR) is 265 cm³/mol. The lowest BCUT2D eigenvalue weighted by atomic mass is 10.0. The van der Waals surface area contributed by atoms with Gasteiger partial charge in [-0.15, -0.1) is 0 Å². The number of rotatable bonds is 6. The summed E-state index contributed by atoms with van der Waals surface area (Å²) in [5.41, 5.74) is 12.5. The van der Waals surface area contributed by atoms with Crippen LogP contribution in [-0.4, -0.2) is 29.1 Å². The van der Waals surface area contributed by atoms with Gasteiger partial charge in [0.05, 0.1) is 33.2 Å². The Balaban J connectivity index is 1.06. The number of nitrogens with zero attached hydrogens (tertiary/aromatic N) is 6. The third kappa shape index (κ3) is 5.45. The van der Waals surface area contributed by atoms with E-state index >= 15 is 0 Å². The van der Waals surface area contributed by atoms with Crippen LogP contribution >= 0.6 is 0 Å². The number of para-hydroxylation sites is 6. The van der Waals surface area contributed by atoms with Crippen molar-refractivity contribution in [1.82, 2.24) is 29.1 Å². The number of hydrogen-bond donors (Lipinski definition) is 0. The molecule has 0 aliphatic carbocycles. The number of fused-ring (bicyclic) bond motifs is 11. The molecule has 14 aromatic rings. The topological polar surface area (TPSA) is 87.7 Å². The Bertz CT molecular complexity index is 4220. The van der Waals surface area contributed by atoms with Gasteiger partial charge < -0.3 is 13.4 Å². The van der Waals surface area contributed by atoms with Gasteiger partial charge in [0.2, 0.25) is 11.8 Å². The molecule has 0 amide bonds. The summed E-state index contributed by atoms with van der Waals surface area (Å²) in [5, 5.41) is 6.47. The highest BCUT2D eigenvalue weighted by molar-refractivity contribution is 6.23. The van der Waals surface area contributed by atoms with Crippen LogP contribution in [0.15, 0.2) is 215 Å². The first kappa shape index (κ1) is 36.4. The summed E-state index contributed by atoms with van der Waals surface area (Å²) in [6.45, 7) is 0. The quantitative estimate of drug-likeness (QED) is 0.166. The molecule has 5 aromatic heterocycles. The van der Waals surface area contributed by atoms with Crippen LogP contribution in [0.2, 0.25) is 0 Å². The van der Waals surface area contributed by atoms with E-state index in [-0.39, 0.29) is 0 Å². The number of aromatic nitrogens is 6. The van der Waals surface area contributed by atoms with Gasteiger partial charge in [-0.1, -0.05) is 146 Å². The van der Waals surface area contributed by atoms with E-state index in [1.54, 1.807) is 0 Å². The lowest BCUT2D eigenvalue weighted by molar-refractivity contribution is 0.620. The van der Waals surface area contributed by atoms with E-state index in [0.717, 1.165) is 87.9 Å². The number of furan rings is 1. The second-order valence-electron chi connectivity index (χ2n) is 16.6. The van der Waals surface area contributed by atoms with E-state index in [2.05, 4.69) is 149 Å². The minimum Gasteiger partial charge on any atom is -0.455 e. The van der Waals surface area contributed by atoms with Crippen molar-refractivity contribution in [1.29, 1.82) is 0 Å². The SMILES string of the molecule is c1ccc(-c2ccc(-c3nc4cccc(-c5nc(-c6cccc7c6oc6ccccc67)nc(-n6c7ccccc7c7ccc8c9ccccc9n(-c9ccccc9)c8c76)n5)c4o3)cc2)cc1. The molecule has 66 heavy (non-hydrogen) atoms. The molecular formula is C58H34N6O2. The summed E-state index contributed by atoms with van der Waals surface area (Å²) in [4.78, 5) is 21.2. The second-order valence-corrected chi connectivity index (χ2v) is 16.6. The molecule has 8 heteroatoms. The summed E-state index contributed by atoms with van der Waals surface area (Å²) in [6.07, 6.45) is 0. The van der Waals surface area contributed by atoms with Gasteiger partial charge in [-0.25, -0.2) is 9.97 Å². The first-order chi connectivity index (χ1) is 32.7. The Kier molecular flexibility index (Phi) is 7.81. The van der Waals surface area contributed by atoms with Gasteiger partial charge in [0, 0.05) is 43.6 Å². The molecule has 0 spiro atoms. The Morgan fingerprint density at radius 2 is 0.879 bits per heavy atom. The summed E-state index contributed by atoms with van der Waals surface area (Å²) in [5.74, 6) is 1.88. The van der Waals surface area contributed by atoms with Gasteiger partial charge in [0.1, 0.15) is 16.7 Å². The fourth-order valence-corrected chi connectivity index (χ4v) is 9.87. The normalized spacial score (nSPS) is 11.9. The van der Waals surface area contributed by atoms with Crippen molar-refractivity contribution in [2.45, 2.75) is 0 Å². The van der Waals surface area contributed by atoms with Crippen LogP contribution in [0, 0.1) is 0 Å². The van der Waals surface area contributed by atoms with Crippen molar-refractivity contribution >= 4 is 76.6 Å². The lowest BCUT2D eigenvalue weighted by Crippen LogP contribution is -2.07.